The fraction of sp³-hybridized carbons (Fsp3) is 0.462. The maximum absolute atomic E-state index is 12.5. The molecule has 1 aliphatic rings. The van der Waals surface area contributed by atoms with Crippen LogP contribution in [0.25, 0.3) is 0 Å². The van der Waals surface area contributed by atoms with E-state index in [2.05, 4.69) is 0 Å². The van der Waals surface area contributed by atoms with Gasteiger partial charge in [0.2, 0.25) is 10.0 Å². The Morgan fingerprint density at radius 3 is 2.60 bits per heavy atom. The molecule has 7 heteroatoms. The number of carbonyl (C=O) groups excluding carboxylic acids is 1. The highest BCUT2D eigenvalue weighted by atomic mass is 35.5. The monoisotopic (exact) mass is 317 g/mol. The Morgan fingerprint density at radius 2 is 2.00 bits per heavy atom. The van der Waals surface area contributed by atoms with Gasteiger partial charge >= 0.3 is 5.97 Å². The van der Waals surface area contributed by atoms with Crippen LogP contribution in [0.5, 0.6) is 0 Å². The van der Waals surface area contributed by atoms with Gasteiger partial charge in [-0.2, -0.15) is 4.31 Å². The van der Waals surface area contributed by atoms with E-state index in [-0.39, 0.29) is 17.4 Å². The lowest BCUT2D eigenvalue weighted by molar-refractivity contribution is -0.146. The van der Waals surface area contributed by atoms with Gasteiger partial charge in [0.1, 0.15) is 0 Å². The molecule has 0 bridgehead atoms. The van der Waals surface area contributed by atoms with Gasteiger partial charge in [0.15, 0.2) is 0 Å². The number of piperidine rings is 1. The minimum Gasteiger partial charge on any atom is -0.469 e. The van der Waals surface area contributed by atoms with Crippen molar-refractivity contribution in [2.75, 3.05) is 20.2 Å². The summed E-state index contributed by atoms with van der Waals surface area (Å²) in [5.74, 6) is -0.753. The van der Waals surface area contributed by atoms with E-state index in [1.54, 1.807) is 0 Å². The van der Waals surface area contributed by atoms with Crippen LogP contribution in [0.3, 0.4) is 0 Å². The molecule has 1 aliphatic heterocycles. The molecule has 0 aliphatic carbocycles. The van der Waals surface area contributed by atoms with E-state index >= 15 is 0 Å². The highest BCUT2D eigenvalue weighted by Gasteiger charge is 2.33. The molecule has 1 saturated heterocycles. The van der Waals surface area contributed by atoms with Crippen LogP contribution < -0.4 is 0 Å². The van der Waals surface area contributed by atoms with Crippen molar-refractivity contribution in [3.8, 4) is 0 Å². The zero-order chi connectivity index (χ0) is 14.8. The SMILES string of the molecule is COC(=O)[C@H]1CCCN(S(=O)(=O)c2ccc(Cl)cc2)C1. The molecule has 0 aromatic heterocycles. The maximum Gasteiger partial charge on any atom is 0.309 e. The lowest BCUT2D eigenvalue weighted by Gasteiger charge is -2.30. The lowest BCUT2D eigenvalue weighted by Crippen LogP contribution is -2.42. The van der Waals surface area contributed by atoms with Gasteiger partial charge in [0.05, 0.1) is 17.9 Å². The summed E-state index contributed by atoms with van der Waals surface area (Å²) in [6, 6.07) is 6.02. The summed E-state index contributed by atoms with van der Waals surface area (Å²) < 4.78 is 31.0. The van der Waals surface area contributed by atoms with Crippen molar-refractivity contribution in [3.05, 3.63) is 29.3 Å². The lowest BCUT2D eigenvalue weighted by atomic mass is 10.0. The van der Waals surface area contributed by atoms with Crippen molar-refractivity contribution in [1.82, 2.24) is 4.31 Å². The van der Waals surface area contributed by atoms with Crippen molar-refractivity contribution in [2.45, 2.75) is 17.7 Å². The number of hydrogen-bond donors (Lipinski definition) is 0. The summed E-state index contributed by atoms with van der Waals surface area (Å²) in [7, 11) is -2.27. The number of halogens is 1. The number of benzene rings is 1. The summed E-state index contributed by atoms with van der Waals surface area (Å²) in [5.41, 5.74) is 0. The van der Waals surface area contributed by atoms with Gasteiger partial charge in [-0.1, -0.05) is 11.6 Å². The third-order valence-corrected chi connectivity index (χ3v) is 5.50. The second-order valence-electron chi connectivity index (χ2n) is 4.68. The average molecular weight is 318 g/mol. The predicted octanol–water partition coefficient (Wildman–Crippen LogP) is 1.91. The van der Waals surface area contributed by atoms with Gasteiger partial charge in [0.25, 0.3) is 0 Å². The van der Waals surface area contributed by atoms with Crippen LogP contribution in [0.1, 0.15) is 12.8 Å². The highest BCUT2D eigenvalue weighted by molar-refractivity contribution is 7.89. The average Bonchev–Trinajstić information content (AvgIpc) is 2.47. The molecule has 1 heterocycles. The van der Waals surface area contributed by atoms with E-state index in [9.17, 15) is 13.2 Å². The van der Waals surface area contributed by atoms with E-state index in [0.29, 0.717) is 24.4 Å². The number of nitrogens with zero attached hydrogens (tertiary/aromatic N) is 1. The van der Waals surface area contributed by atoms with Gasteiger partial charge in [-0.25, -0.2) is 8.42 Å². The van der Waals surface area contributed by atoms with Crippen molar-refractivity contribution in [3.63, 3.8) is 0 Å². The summed E-state index contributed by atoms with van der Waals surface area (Å²) in [4.78, 5) is 11.7. The first-order valence-electron chi connectivity index (χ1n) is 6.28. The van der Waals surface area contributed by atoms with Gasteiger partial charge in [-0.15, -0.1) is 0 Å². The Balaban J connectivity index is 2.21. The second kappa shape index (κ2) is 6.11. The van der Waals surface area contributed by atoms with Crippen molar-refractivity contribution >= 4 is 27.6 Å². The third-order valence-electron chi connectivity index (χ3n) is 3.37. The fourth-order valence-corrected chi connectivity index (χ4v) is 3.93. The molecule has 0 radical (unpaired) electrons. The third kappa shape index (κ3) is 3.13. The molecule has 1 fully saturated rings. The molecule has 1 aromatic carbocycles. The molecule has 0 amide bonds. The van der Waals surface area contributed by atoms with E-state index in [1.165, 1.54) is 35.7 Å². The molecule has 1 aromatic rings. The van der Waals surface area contributed by atoms with Crippen LogP contribution in [-0.2, 0) is 19.6 Å². The molecule has 1 atom stereocenters. The molecule has 0 spiro atoms. The van der Waals surface area contributed by atoms with Crippen LogP contribution in [-0.4, -0.2) is 38.9 Å². The minimum atomic E-state index is -3.59. The minimum absolute atomic E-state index is 0.164. The van der Waals surface area contributed by atoms with Crippen molar-refractivity contribution in [1.29, 1.82) is 0 Å². The zero-order valence-electron chi connectivity index (χ0n) is 11.1. The van der Waals surface area contributed by atoms with Gasteiger partial charge in [-0.05, 0) is 37.1 Å². The van der Waals surface area contributed by atoms with Crippen LogP contribution in [0, 0.1) is 5.92 Å². The molecule has 110 valence electrons. The molecule has 2 rings (SSSR count). The number of rotatable bonds is 3. The van der Waals surface area contributed by atoms with Crippen molar-refractivity contribution < 1.29 is 17.9 Å². The molecular formula is C13H16ClNO4S. The Bertz CT molecular complexity index is 585. The number of ether oxygens (including phenoxy) is 1. The van der Waals surface area contributed by atoms with Crippen LogP contribution in [0.4, 0.5) is 0 Å². The summed E-state index contributed by atoms with van der Waals surface area (Å²) >= 11 is 5.76. The molecule has 0 saturated carbocycles. The molecular weight excluding hydrogens is 302 g/mol. The Hall–Kier alpha value is -1.11. The number of sulfonamides is 1. The van der Waals surface area contributed by atoms with Gasteiger partial charge in [0, 0.05) is 18.1 Å². The first-order chi connectivity index (χ1) is 9.45. The topological polar surface area (TPSA) is 63.7 Å². The summed E-state index contributed by atoms with van der Waals surface area (Å²) in [6.45, 7) is 0.579. The van der Waals surface area contributed by atoms with Crippen molar-refractivity contribution in [2.24, 2.45) is 5.92 Å². The summed E-state index contributed by atoms with van der Waals surface area (Å²) in [5, 5.41) is 0.482. The van der Waals surface area contributed by atoms with E-state index in [0.717, 1.165) is 0 Å². The number of esters is 1. The predicted molar refractivity (Wildman–Crippen MR) is 75.0 cm³/mol. The highest BCUT2D eigenvalue weighted by Crippen LogP contribution is 2.25. The number of carbonyl (C=O) groups is 1. The van der Waals surface area contributed by atoms with Gasteiger partial charge in [-0.3, -0.25) is 4.79 Å². The van der Waals surface area contributed by atoms with E-state index < -0.39 is 15.9 Å². The van der Waals surface area contributed by atoms with Crippen LogP contribution >= 0.6 is 11.6 Å². The normalized spacial score (nSPS) is 20.6. The van der Waals surface area contributed by atoms with Gasteiger partial charge < -0.3 is 4.74 Å². The Morgan fingerprint density at radius 1 is 1.35 bits per heavy atom. The largest absolute Gasteiger partial charge is 0.469 e. The fourth-order valence-electron chi connectivity index (χ4n) is 2.28. The first kappa shape index (κ1) is 15.3. The summed E-state index contributed by atoms with van der Waals surface area (Å²) in [6.07, 6.45) is 1.30. The molecule has 20 heavy (non-hydrogen) atoms. The molecule has 5 nitrogen and oxygen atoms in total. The Kier molecular flexibility index (Phi) is 4.67. The number of methoxy groups -OCH3 is 1. The maximum atomic E-state index is 12.5. The number of hydrogen-bond acceptors (Lipinski definition) is 4. The second-order valence-corrected chi connectivity index (χ2v) is 7.05. The standard InChI is InChI=1S/C13H16ClNO4S/c1-19-13(16)10-3-2-8-15(9-10)20(17,18)12-6-4-11(14)5-7-12/h4-7,10H,2-3,8-9H2,1H3/t10-/m0/s1. The van der Waals surface area contributed by atoms with Crippen LogP contribution in [0.15, 0.2) is 29.2 Å². The quantitative estimate of drug-likeness (QED) is 0.799. The Labute approximate surface area is 123 Å². The molecule has 0 N–H and O–H groups in total. The van der Waals surface area contributed by atoms with E-state index in [1.807, 2.05) is 0 Å². The van der Waals surface area contributed by atoms with E-state index in [4.69, 9.17) is 16.3 Å². The first-order valence-corrected chi connectivity index (χ1v) is 8.10. The molecule has 0 unspecified atom stereocenters. The smallest absolute Gasteiger partial charge is 0.309 e. The van der Waals surface area contributed by atoms with Crippen LogP contribution in [0.2, 0.25) is 5.02 Å². The zero-order valence-corrected chi connectivity index (χ0v) is 12.7.